The predicted molar refractivity (Wildman–Crippen MR) is 109 cm³/mol. The highest BCUT2D eigenvalue weighted by Gasteiger charge is 2.16. The highest BCUT2D eigenvalue weighted by Crippen LogP contribution is 2.17. The highest BCUT2D eigenvalue weighted by molar-refractivity contribution is 7.92. The molecule has 0 fully saturated rings. The SMILES string of the molecule is CC(NC(=O)c1ccc(S(=O)(=O)Nc2ccncc2)cc1)c1ccc(C#N)cc1. The molecule has 2 N–H and O–H groups in total. The minimum Gasteiger partial charge on any atom is -0.346 e. The van der Waals surface area contributed by atoms with Crippen LogP contribution in [0.1, 0.15) is 34.5 Å². The second-order valence-electron chi connectivity index (χ2n) is 6.29. The van der Waals surface area contributed by atoms with Crippen LogP contribution in [0.4, 0.5) is 5.69 Å². The lowest BCUT2D eigenvalue weighted by atomic mass is 10.1. The van der Waals surface area contributed by atoms with Crippen molar-refractivity contribution >= 4 is 21.6 Å². The molecule has 29 heavy (non-hydrogen) atoms. The summed E-state index contributed by atoms with van der Waals surface area (Å²) < 4.78 is 27.3. The van der Waals surface area contributed by atoms with E-state index in [1.807, 2.05) is 13.0 Å². The third-order valence-corrected chi connectivity index (χ3v) is 5.64. The molecule has 1 unspecified atom stereocenters. The van der Waals surface area contributed by atoms with Crippen LogP contribution in [0.3, 0.4) is 0 Å². The standard InChI is InChI=1S/C21H18N4O3S/c1-15(17-4-2-16(14-22)3-5-17)24-21(26)18-6-8-20(9-7-18)29(27,28)25-19-10-12-23-13-11-19/h2-13,15H,1H3,(H,23,25)(H,24,26). The van der Waals surface area contributed by atoms with Gasteiger partial charge in [-0.1, -0.05) is 12.1 Å². The Kier molecular flexibility index (Phi) is 5.90. The van der Waals surface area contributed by atoms with Crippen LogP contribution in [0.2, 0.25) is 0 Å². The second kappa shape index (κ2) is 8.54. The quantitative estimate of drug-likeness (QED) is 0.653. The third-order valence-electron chi connectivity index (χ3n) is 4.25. The zero-order chi connectivity index (χ0) is 20.9. The highest BCUT2D eigenvalue weighted by atomic mass is 32.2. The van der Waals surface area contributed by atoms with Gasteiger partial charge in [0.15, 0.2) is 0 Å². The van der Waals surface area contributed by atoms with E-state index in [4.69, 9.17) is 5.26 Å². The van der Waals surface area contributed by atoms with E-state index in [1.165, 1.54) is 36.7 Å². The van der Waals surface area contributed by atoms with Gasteiger partial charge < -0.3 is 5.32 Å². The molecule has 8 heteroatoms. The Morgan fingerprint density at radius 3 is 2.21 bits per heavy atom. The Bertz CT molecular complexity index is 1140. The van der Waals surface area contributed by atoms with Crippen LogP contribution in [0.5, 0.6) is 0 Å². The van der Waals surface area contributed by atoms with Gasteiger partial charge in [-0.25, -0.2) is 8.42 Å². The molecule has 0 bridgehead atoms. The lowest BCUT2D eigenvalue weighted by Crippen LogP contribution is -2.26. The molecule has 0 aliphatic carbocycles. The molecule has 0 spiro atoms. The smallest absolute Gasteiger partial charge is 0.261 e. The summed E-state index contributed by atoms with van der Waals surface area (Å²) in [7, 11) is -3.76. The maximum atomic E-state index is 12.5. The number of amides is 1. The summed E-state index contributed by atoms with van der Waals surface area (Å²) in [5, 5.41) is 11.7. The minimum absolute atomic E-state index is 0.0472. The van der Waals surface area contributed by atoms with E-state index in [2.05, 4.69) is 15.0 Å². The van der Waals surface area contributed by atoms with Crippen molar-refractivity contribution in [1.29, 1.82) is 5.26 Å². The Balaban J connectivity index is 1.68. The van der Waals surface area contributed by atoms with Gasteiger partial charge in [0, 0.05) is 18.0 Å². The van der Waals surface area contributed by atoms with Gasteiger partial charge in [0.2, 0.25) is 0 Å². The molecule has 3 aromatic rings. The minimum atomic E-state index is -3.76. The van der Waals surface area contributed by atoms with E-state index in [0.29, 0.717) is 16.8 Å². The molecular formula is C21H18N4O3S. The van der Waals surface area contributed by atoms with Gasteiger partial charge in [-0.05, 0) is 61.0 Å². The fraction of sp³-hybridized carbons (Fsp3) is 0.0952. The molecule has 0 saturated heterocycles. The van der Waals surface area contributed by atoms with E-state index in [1.54, 1.807) is 36.4 Å². The van der Waals surface area contributed by atoms with Crippen molar-refractivity contribution in [3.63, 3.8) is 0 Å². The summed E-state index contributed by atoms with van der Waals surface area (Å²) >= 11 is 0. The number of carbonyl (C=O) groups is 1. The molecule has 1 aromatic heterocycles. The number of pyridine rings is 1. The molecule has 0 aliphatic rings. The molecule has 3 rings (SSSR count). The number of aromatic nitrogens is 1. The van der Waals surface area contributed by atoms with Crippen molar-refractivity contribution < 1.29 is 13.2 Å². The molecule has 2 aromatic carbocycles. The fourth-order valence-corrected chi connectivity index (χ4v) is 3.69. The lowest BCUT2D eigenvalue weighted by molar-refractivity contribution is 0.0940. The normalized spacial score (nSPS) is 11.9. The van der Waals surface area contributed by atoms with Crippen LogP contribution >= 0.6 is 0 Å². The number of sulfonamides is 1. The number of nitrogens with one attached hydrogen (secondary N) is 2. The first kappa shape index (κ1) is 20.0. The largest absolute Gasteiger partial charge is 0.346 e. The maximum Gasteiger partial charge on any atom is 0.261 e. The second-order valence-corrected chi connectivity index (χ2v) is 7.98. The monoisotopic (exact) mass is 406 g/mol. The number of hydrogen-bond donors (Lipinski definition) is 2. The summed E-state index contributed by atoms with van der Waals surface area (Å²) in [5.74, 6) is -0.326. The van der Waals surface area contributed by atoms with Crippen molar-refractivity contribution in [2.75, 3.05) is 4.72 Å². The summed E-state index contributed by atoms with van der Waals surface area (Å²) in [6, 6.07) is 17.5. The molecule has 146 valence electrons. The van der Waals surface area contributed by atoms with E-state index >= 15 is 0 Å². The van der Waals surface area contributed by atoms with Crippen LogP contribution < -0.4 is 10.0 Å². The first-order valence-electron chi connectivity index (χ1n) is 8.73. The van der Waals surface area contributed by atoms with Crippen molar-refractivity contribution in [2.24, 2.45) is 0 Å². The number of nitrogens with zero attached hydrogens (tertiary/aromatic N) is 2. The van der Waals surface area contributed by atoms with Gasteiger partial charge in [-0.3, -0.25) is 14.5 Å². The first-order valence-corrected chi connectivity index (χ1v) is 10.2. The zero-order valence-corrected chi connectivity index (χ0v) is 16.3. The van der Waals surface area contributed by atoms with Crippen LogP contribution in [0, 0.1) is 11.3 Å². The van der Waals surface area contributed by atoms with Crippen LogP contribution in [0.15, 0.2) is 78.0 Å². The van der Waals surface area contributed by atoms with Gasteiger partial charge in [-0.15, -0.1) is 0 Å². The Morgan fingerprint density at radius 1 is 1.00 bits per heavy atom. The maximum absolute atomic E-state index is 12.5. The summed E-state index contributed by atoms with van der Waals surface area (Å²) in [6.45, 7) is 1.83. The number of anilines is 1. The van der Waals surface area contributed by atoms with E-state index in [-0.39, 0.29) is 16.8 Å². The van der Waals surface area contributed by atoms with E-state index in [0.717, 1.165) is 5.56 Å². The molecule has 1 heterocycles. The van der Waals surface area contributed by atoms with E-state index in [9.17, 15) is 13.2 Å². The Hall–Kier alpha value is -3.70. The molecule has 0 saturated carbocycles. The number of nitriles is 1. The van der Waals surface area contributed by atoms with Crippen LogP contribution in [0.25, 0.3) is 0 Å². The molecule has 0 radical (unpaired) electrons. The van der Waals surface area contributed by atoms with Crippen LogP contribution in [-0.2, 0) is 10.0 Å². The lowest BCUT2D eigenvalue weighted by Gasteiger charge is -2.15. The van der Waals surface area contributed by atoms with Gasteiger partial charge in [0.25, 0.3) is 15.9 Å². The Morgan fingerprint density at radius 2 is 1.62 bits per heavy atom. The van der Waals surface area contributed by atoms with Gasteiger partial charge >= 0.3 is 0 Å². The molecular weight excluding hydrogens is 388 g/mol. The molecule has 1 amide bonds. The summed E-state index contributed by atoms with van der Waals surface area (Å²) in [5.41, 5.74) is 2.15. The number of rotatable bonds is 6. The van der Waals surface area contributed by atoms with Crippen molar-refractivity contribution in [3.05, 3.63) is 89.7 Å². The molecule has 7 nitrogen and oxygen atoms in total. The molecule has 1 atom stereocenters. The van der Waals surface area contributed by atoms with Gasteiger partial charge in [-0.2, -0.15) is 5.26 Å². The van der Waals surface area contributed by atoms with Gasteiger partial charge in [0.1, 0.15) is 0 Å². The first-order chi connectivity index (χ1) is 13.9. The van der Waals surface area contributed by atoms with Crippen molar-refractivity contribution in [3.8, 4) is 6.07 Å². The van der Waals surface area contributed by atoms with E-state index < -0.39 is 10.0 Å². The fourth-order valence-electron chi connectivity index (χ4n) is 2.63. The Labute approximate surface area is 169 Å². The predicted octanol–water partition coefficient (Wildman–Crippen LogP) is 3.25. The zero-order valence-electron chi connectivity index (χ0n) is 15.5. The number of hydrogen-bond acceptors (Lipinski definition) is 5. The van der Waals surface area contributed by atoms with Gasteiger partial charge in [0.05, 0.1) is 28.3 Å². The average molecular weight is 406 g/mol. The number of carbonyl (C=O) groups excluding carboxylic acids is 1. The topological polar surface area (TPSA) is 112 Å². The number of benzene rings is 2. The van der Waals surface area contributed by atoms with Crippen LogP contribution in [-0.4, -0.2) is 19.3 Å². The van der Waals surface area contributed by atoms with Crippen molar-refractivity contribution in [2.45, 2.75) is 17.9 Å². The van der Waals surface area contributed by atoms with Crippen molar-refractivity contribution in [1.82, 2.24) is 10.3 Å². The summed E-state index contributed by atoms with van der Waals surface area (Å²) in [4.78, 5) is 16.4. The summed E-state index contributed by atoms with van der Waals surface area (Å²) in [6.07, 6.45) is 2.97. The average Bonchev–Trinajstić information content (AvgIpc) is 2.74. The molecule has 0 aliphatic heterocycles. The third kappa shape index (κ3) is 4.97.